The Kier molecular flexibility index (Phi) is 8.97. The van der Waals surface area contributed by atoms with Crippen molar-refractivity contribution in [3.63, 3.8) is 0 Å². The summed E-state index contributed by atoms with van der Waals surface area (Å²) in [5.74, 6) is 1.36. The van der Waals surface area contributed by atoms with E-state index in [0.29, 0.717) is 11.6 Å². The van der Waals surface area contributed by atoms with Gasteiger partial charge in [0.25, 0.3) is 0 Å². The van der Waals surface area contributed by atoms with Crippen LogP contribution in [0.25, 0.3) is 56.2 Å². The monoisotopic (exact) mass is 830 g/mol. The van der Waals surface area contributed by atoms with Gasteiger partial charge < -0.3 is 0 Å². The Bertz CT molecular complexity index is 2720. The molecule has 0 N–H and O–H groups in total. The summed E-state index contributed by atoms with van der Waals surface area (Å²) >= 11 is -2.31. The molecule has 1 aliphatic rings. The third-order valence-corrected chi connectivity index (χ3v) is 15.8. The average Bonchev–Trinajstić information content (AvgIpc) is 3.62. The molecular formula is C51H35IN4. The fourth-order valence-electron chi connectivity index (χ4n) is 7.50. The number of fused-ring (bicyclic) bond motifs is 3. The van der Waals surface area contributed by atoms with Crippen molar-refractivity contribution in [1.29, 1.82) is 0 Å². The summed E-state index contributed by atoms with van der Waals surface area (Å²) in [6.45, 7) is 0. The zero-order chi connectivity index (χ0) is 37.3. The van der Waals surface area contributed by atoms with E-state index in [2.05, 4.69) is 211 Å². The molecule has 0 aliphatic carbocycles. The second-order valence-corrected chi connectivity index (χ2v) is 18.4. The van der Waals surface area contributed by atoms with E-state index in [4.69, 9.17) is 15.0 Å². The van der Waals surface area contributed by atoms with Crippen LogP contribution in [0.4, 0.5) is 17.1 Å². The van der Waals surface area contributed by atoms with Crippen LogP contribution in [0.2, 0.25) is 0 Å². The molecule has 1 aromatic heterocycles. The summed E-state index contributed by atoms with van der Waals surface area (Å²) in [4.78, 5) is 18.5. The van der Waals surface area contributed by atoms with Crippen LogP contribution in [0, 0.1) is 11.0 Å². The molecule has 0 bridgehead atoms. The zero-order valence-electron chi connectivity index (χ0n) is 30.4. The van der Waals surface area contributed by atoms with Gasteiger partial charge in [-0.2, -0.15) is 0 Å². The minimum absolute atomic E-state index is 0.674. The number of hydrogen-bond acceptors (Lipinski definition) is 4. The van der Waals surface area contributed by atoms with Gasteiger partial charge in [-0.05, 0) is 0 Å². The number of hydrogen-bond donors (Lipinski definition) is 0. The Labute approximate surface area is 334 Å². The molecule has 2 heterocycles. The van der Waals surface area contributed by atoms with Crippen LogP contribution in [0.5, 0.6) is 0 Å². The van der Waals surface area contributed by atoms with E-state index in [1.807, 2.05) is 6.07 Å². The maximum absolute atomic E-state index is 5.48. The third kappa shape index (κ3) is 6.26. The molecule has 56 heavy (non-hydrogen) atoms. The number of aromatic nitrogens is 3. The van der Waals surface area contributed by atoms with E-state index < -0.39 is 19.8 Å². The van der Waals surface area contributed by atoms with Crippen LogP contribution in [0.3, 0.4) is 0 Å². The Hall–Kier alpha value is -6.70. The Balaban J connectivity index is 1.17. The predicted molar refractivity (Wildman–Crippen MR) is 238 cm³/mol. The van der Waals surface area contributed by atoms with E-state index in [9.17, 15) is 0 Å². The van der Waals surface area contributed by atoms with Crippen LogP contribution < -0.4 is 4.90 Å². The number of para-hydroxylation sites is 3. The fourth-order valence-corrected chi connectivity index (χ4v) is 13.3. The molecule has 0 fully saturated rings. The average molecular weight is 831 g/mol. The molecule has 0 spiro atoms. The molecule has 0 unspecified atom stereocenters. The Morgan fingerprint density at radius 3 is 1.34 bits per heavy atom. The Morgan fingerprint density at radius 2 is 0.732 bits per heavy atom. The van der Waals surface area contributed by atoms with Gasteiger partial charge >= 0.3 is 336 Å². The molecule has 8 aromatic carbocycles. The number of benzene rings is 8. The number of anilines is 3. The van der Waals surface area contributed by atoms with E-state index in [-0.39, 0.29) is 0 Å². The minimum atomic E-state index is -2.31. The summed E-state index contributed by atoms with van der Waals surface area (Å²) < 4.78 is 3.61. The number of halogens is 1. The molecule has 10 rings (SSSR count). The van der Waals surface area contributed by atoms with Crippen LogP contribution in [0.15, 0.2) is 212 Å². The van der Waals surface area contributed by atoms with Crippen molar-refractivity contribution in [3.05, 3.63) is 223 Å². The summed E-state index contributed by atoms with van der Waals surface area (Å²) in [6.07, 6.45) is 0. The molecule has 0 amide bonds. The molecule has 266 valence electrons. The van der Waals surface area contributed by atoms with E-state index in [1.165, 1.54) is 23.8 Å². The summed E-state index contributed by atoms with van der Waals surface area (Å²) in [5.41, 5.74) is 12.2. The van der Waals surface area contributed by atoms with Crippen molar-refractivity contribution in [3.8, 4) is 56.2 Å². The van der Waals surface area contributed by atoms with Crippen molar-refractivity contribution in [2.24, 2.45) is 0 Å². The molecular weight excluding hydrogens is 795 g/mol. The predicted octanol–water partition coefficient (Wildman–Crippen LogP) is 13.4. The summed E-state index contributed by atoms with van der Waals surface area (Å²) in [5, 5.41) is 0. The van der Waals surface area contributed by atoms with Gasteiger partial charge in [-0.15, -0.1) is 0 Å². The van der Waals surface area contributed by atoms with Gasteiger partial charge in [0.1, 0.15) is 0 Å². The number of nitrogens with zero attached hydrogens (tertiary/aromatic N) is 4. The fraction of sp³-hybridized carbons (Fsp3) is 0. The van der Waals surface area contributed by atoms with Crippen molar-refractivity contribution < 1.29 is 0 Å². The molecule has 0 atom stereocenters. The molecule has 0 saturated carbocycles. The van der Waals surface area contributed by atoms with Crippen LogP contribution in [0.1, 0.15) is 0 Å². The van der Waals surface area contributed by atoms with E-state index in [1.54, 1.807) is 0 Å². The zero-order valence-corrected chi connectivity index (χ0v) is 32.5. The van der Waals surface area contributed by atoms with Crippen molar-refractivity contribution in [2.45, 2.75) is 0 Å². The van der Waals surface area contributed by atoms with Gasteiger partial charge in [0.15, 0.2) is 0 Å². The first-order valence-corrected chi connectivity index (χ1v) is 21.9. The van der Waals surface area contributed by atoms with Gasteiger partial charge in [-0.1, -0.05) is 0 Å². The molecule has 0 saturated heterocycles. The quantitative estimate of drug-likeness (QED) is 0.143. The van der Waals surface area contributed by atoms with Crippen molar-refractivity contribution in [1.82, 2.24) is 15.0 Å². The summed E-state index contributed by atoms with van der Waals surface area (Å²) in [7, 11) is 0. The topological polar surface area (TPSA) is 41.9 Å². The van der Waals surface area contributed by atoms with Gasteiger partial charge in [-0.3, -0.25) is 0 Å². The Morgan fingerprint density at radius 1 is 0.304 bits per heavy atom. The summed E-state index contributed by atoms with van der Waals surface area (Å²) in [6, 6.07) is 75.0. The maximum atomic E-state index is 5.48. The SMILES string of the molecule is c1ccc(-c2ccc(-c3nc(-c4ccccc4-c4ccccc4N(c4ccccc4)c4ccccc4)nc(I4c5ccccc5-c5ccccc54)n3)cc2)cc1. The molecule has 0 radical (unpaired) electrons. The van der Waals surface area contributed by atoms with Crippen LogP contribution >= 0.6 is 19.8 Å². The standard InChI is InChI=1S/C51H35IN4/c1-4-18-36(19-5-1)37-32-34-38(35-33-37)49-53-50(55-51(54-49)52-46-29-15-12-25-42(46)43-26-13-16-30-47(43)52)45-28-11-10-24-41(45)44-27-14-17-31-48(44)56(39-20-6-2-7-21-39)40-22-8-3-9-23-40/h1-35H. The first kappa shape index (κ1) is 33.8. The van der Waals surface area contributed by atoms with Crippen molar-refractivity contribution >= 4 is 36.9 Å². The van der Waals surface area contributed by atoms with Crippen LogP contribution in [-0.2, 0) is 0 Å². The third-order valence-electron chi connectivity index (χ3n) is 10.1. The first-order chi connectivity index (χ1) is 27.8. The number of rotatable bonds is 8. The van der Waals surface area contributed by atoms with Crippen molar-refractivity contribution in [2.75, 3.05) is 4.90 Å². The van der Waals surface area contributed by atoms with E-state index >= 15 is 0 Å². The second-order valence-electron chi connectivity index (χ2n) is 13.5. The first-order valence-electron chi connectivity index (χ1n) is 18.7. The molecule has 5 heteroatoms. The second kappa shape index (κ2) is 14.9. The molecule has 9 aromatic rings. The van der Waals surface area contributed by atoms with Gasteiger partial charge in [0, 0.05) is 0 Å². The van der Waals surface area contributed by atoms with E-state index in [0.717, 1.165) is 48.7 Å². The van der Waals surface area contributed by atoms with Gasteiger partial charge in [0.2, 0.25) is 0 Å². The van der Waals surface area contributed by atoms with Gasteiger partial charge in [-0.25, -0.2) is 0 Å². The normalized spacial score (nSPS) is 12.2. The van der Waals surface area contributed by atoms with Crippen LogP contribution in [-0.4, -0.2) is 15.0 Å². The molecule has 4 nitrogen and oxygen atoms in total. The van der Waals surface area contributed by atoms with Gasteiger partial charge in [0.05, 0.1) is 0 Å². The molecule has 1 aliphatic heterocycles.